The first kappa shape index (κ1) is 18.6. The van der Waals surface area contributed by atoms with Gasteiger partial charge in [0.25, 0.3) is 5.69 Å². The lowest BCUT2D eigenvalue weighted by Crippen LogP contribution is -2.29. The third-order valence-corrected chi connectivity index (χ3v) is 5.61. The van der Waals surface area contributed by atoms with E-state index in [0.29, 0.717) is 11.6 Å². The van der Waals surface area contributed by atoms with Crippen molar-refractivity contribution in [3.8, 4) is 0 Å². The maximum Gasteiger partial charge on any atom is 0.280 e. The number of likely N-dealkylation sites (tertiary alicyclic amines) is 1. The molecule has 2 fully saturated rings. The molecule has 5 nitrogen and oxygen atoms in total. The summed E-state index contributed by atoms with van der Waals surface area (Å²) in [5.74, 6) is 0.544. The maximum atomic E-state index is 12.8. The lowest BCUT2D eigenvalue weighted by atomic mass is 9.99. The lowest BCUT2D eigenvalue weighted by molar-refractivity contribution is -0.385. The number of carbonyl (C=O) groups is 1. The van der Waals surface area contributed by atoms with Crippen molar-refractivity contribution in [3.05, 3.63) is 81.4 Å². The molecular weight excluding hydrogens is 352 g/mol. The molecule has 1 aliphatic heterocycles. The van der Waals surface area contributed by atoms with Crippen molar-refractivity contribution in [1.82, 2.24) is 4.90 Å². The van der Waals surface area contributed by atoms with Crippen molar-refractivity contribution in [2.24, 2.45) is 5.92 Å². The second kappa shape index (κ2) is 8.07. The van der Waals surface area contributed by atoms with E-state index in [1.165, 1.54) is 31.9 Å². The van der Waals surface area contributed by atoms with Gasteiger partial charge in [0.1, 0.15) is 5.56 Å². The minimum atomic E-state index is -0.488. The van der Waals surface area contributed by atoms with Gasteiger partial charge in [-0.25, -0.2) is 0 Å². The highest BCUT2D eigenvalue weighted by Crippen LogP contribution is 2.33. The predicted molar refractivity (Wildman–Crippen MR) is 109 cm³/mol. The third-order valence-electron chi connectivity index (χ3n) is 5.61. The molecule has 0 bridgehead atoms. The third kappa shape index (κ3) is 4.20. The van der Waals surface area contributed by atoms with E-state index in [9.17, 15) is 14.9 Å². The van der Waals surface area contributed by atoms with Crippen molar-refractivity contribution in [2.75, 3.05) is 13.1 Å². The molecule has 2 aliphatic rings. The molecule has 1 unspecified atom stereocenters. The number of nitro groups is 1. The normalized spacial score (nSPS) is 19.9. The van der Waals surface area contributed by atoms with Crippen molar-refractivity contribution >= 4 is 17.5 Å². The Morgan fingerprint density at radius 2 is 1.93 bits per heavy atom. The fourth-order valence-corrected chi connectivity index (χ4v) is 3.89. The summed E-state index contributed by atoms with van der Waals surface area (Å²) in [5, 5.41) is 11.4. The fraction of sp³-hybridized carbons (Fsp3) is 0.348. The lowest BCUT2D eigenvalue weighted by Gasteiger charge is -2.21. The summed E-state index contributed by atoms with van der Waals surface area (Å²) in [6, 6.07) is 13.9. The van der Waals surface area contributed by atoms with Crippen LogP contribution < -0.4 is 0 Å². The first-order valence-electron chi connectivity index (χ1n) is 9.92. The number of nitrogens with zero attached hydrogens (tertiary/aromatic N) is 2. The van der Waals surface area contributed by atoms with Gasteiger partial charge in [-0.2, -0.15) is 0 Å². The summed E-state index contributed by atoms with van der Waals surface area (Å²) in [6.07, 6.45) is 9.24. The number of carbonyl (C=O) groups excluding carboxylic acids is 1. The zero-order valence-electron chi connectivity index (χ0n) is 15.8. The van der Waals surface area contributed by atoms with Gasteiger partial charge < -0.3 is 0 Å². The first-order chi connectivity index (χ1) is 13.6. The van der Waals surface area contributed by atoms with Gasteiger partial charge in [-0.15, -0.1) is 0 Å². The number of ketones is 1. The van der Waals surface area contributed by atoms with Crippen molar-refractivity contribution in [3.63, 3.8) is 0 Å². The molecular formula is C23H24N2O3. The number of hydrogen-bond acceptors (Lipinski definition) is 4. The van der Waals surface area contributed by atoms with E-state index >= 15 is 0 Å². The van der Waals surface area contributed by atoms with Crippen molar-refractivity contribution in [2.45, 2.75) is 31.7 Å². The molecule has 1 heterocycles. The zero-order valence-corrected chi connectivity index (χ0v) is 15.8. The van der Waals surface area contributed by atoms with E-state index in [4.69, 9.17) is 0 Å². The van der Waals surface area contributed by atoms with Crippen LogP contribution in [0.15, 0.2) is 54.6 Å². The summed E-state index contributed by atoms with van der Waals surface area (Å²) in [5.41, 5.74) is 1.27. The molecule has 5 heteroatoms. The van der Waals surface area contributed by atoms with E-state index < -0.39 is 4.92 Å². The summed E-state index contributed by atoms with van der Waals surface area (Å²) in [4.78, 5) is 26.3. The molecule has 1 aliphatic carbocycles. The summed E-state index contributed by atoms with van der Waals surface area (Å²) in [7, 11) is 0. The highest BCUT2D eigenvalue weighted by molar-refractivity contribution is 6.11. The van der Waals surface area contributed by atoms with Crippen LogP contribution in [0, 0.1) is 16.0 Å². The van der Waals surface area contributed by atoms with E-state index in [2.05, 4.69) is 11.0 Å². The summed E-state index contributed by atoms with van der Waals surface area (Å²) < 4.78 is 0. The Kier molecular flexibility index (Phi) is 5.35. The molecule has 0 radical (unpaired) electrons. The summed E-state index contributed by atoms with van der Waals surface area (Å²) >= 11 is 0. The average molecular weight is 376 g/mol. The second-order valence-corrected chi connectivity index (χ2v) is 7.74. The van der Waals surface area contributed by atoms with E-state index in [1.54, 1.807) is 36.4 Å². The average Bonchev–Trinajstić information content (AvgIpc) is 3.43. The van der Waals surface area contributed by atoms with Gasteiger partial charge in [-0.05, 0) is 55.8 Å². The van der Waals surface area contributed by atoms with Gasteiger partial charge >= 0.3 is 0 Å². The molecule has 2 aromatic rings. The Hall–Kier alpha value is -2.79. The van der Waals surface area contributed by atoms with Crippen LogP contribution in [-0.2, 0) is 0 Å². The molecule has 0 N–H and O–H groups in total. The molecule has 28 heavy (non-hydrogen) atoms. The van der Waals surface area contributed by atoms with Crippen LogP contribution >= 0.6 is 0 Å². The van der Waals surface area contributed by atoms with E-state index in [-0.39, 0.29) is 17.0 Å². The van der Waals surface area contributed by atoms with Crippen LogP contribution in [0.1, 0.15) is 47.2 Å². The quantitative estimate of drug-likeness (QED) is 0.399. The largest absolute Gasteiger partial charge is 0.297 e. The smallest absolute Gasteiger partial charge is 0.280 e. The molecule has 2 aromatic carbocycles. The highest BCUT2D eigenvalue weighted by Gasteiger charge is 2.29. The molecule has 0 spiro atoms. The maximum absolute atomic E-state index is 12.8. The van der Waals surface area contributed by atoms with Crippen LogP contribution in [0.4, 0.5) is 5.69 Å². The van der Waals surface area contributed by atoms with Crippen LogP contribution in [-0.4, -0.2) is 34.7 Å². The molecule has 4 rings (SSSR count). The Balaban J connectivity index is 1.58. The van der Waals surface area contributed by atoms with Crippen molar-refractivity contribution in [1.29, 1.82) is 0 Å². The van der Waals surface area contributed by atoms with Crippen molar-refractivity contribution < 1.29 is 9.72 Å². The molecule has 1 saturated carbocycles. The van der Waals surface area contributed by atoms with E-state index in [1.807, 2.05) is 12.1 Å². The minimum Gasteiger partial charge on any atom is -0.297 e. The van der Waals surface area contributed by atoms with Gasteiger partial charge in [0, 0.05) is 24.2 Å². The van der Waals surface area contributed by atoms with Gasteiger partial charge in [0.15, 0.2) is 5.78 Å². The predicted octanol–water partition coefficient (Wildman–Crippen LogP) is 4.71. The van der Waals surface area contributed by atoms with Crippen LogP contribution in [0.5, 0.6) is 0 Å². The summed E-state index contributed by atoms with van der Waals surface area (Å²) in [6.45, 7) is 2.32. The van der Waals surface area contributed by atoms with Gasteiger partial charge in [-0.1, -0.05) is 42.5 Å². The second-order valence-electron chi connectivity index (χ2n) is 7.74. The molecule has 0 amide bonds. The Morgan fingerprint density at radius 3 is 2.64 bits per heavy atom. The van der Waals surface area contributed by atoms with Gasteiger partial charge in [0.2, 0.25) is 0 Å². The fourth-order valence-electron chi connectivity index (χ4n) is 3.89. The molecule has 0 aromatic heterocycles. The number of hydrogen-bond donors (Lipinski definition) is 0. The Bertz CT molecular complexity index is 903. The number of nitro benzene ring substituents is 1. The Labute approximate surface area is 164 Å². The molecule has 1 atom stereocenters. The van der Waals surface area contributed by atoms with Crippen LogP contribution in [0.25, 0.3) is 6.08 Å². The van der Waals surface area contributed by atoms with Crippen LogP contribution in [0.2, 0.25) is 0 Å². The topological polar surface area (TPSA) is 63.5 Å². The van der Waals surface area contributed by atoms with Crippen LogP contribution in [0.3, 0.4) is 0 Å². The first-order valence-corrected chi connectivity index (χ1v) is 9.92. The molecule has 1 saturated heterocycles. The SMILES string of the molecule is O=C(c1ccccc1)c1cc(/C=C/C2CCCN2CC2CC2)ccc1[N+](=O)[O-]. The highest BCUT2D eigenvalue weighted by atomic mass is 16.6. The van der Waals surface area contributed by atoms with E-state index in [0.717, 1.165) is 24.4 Å². The van der Waals surface area contributed by atoms with Gasteiger partial charge in [0.05, 0.1) is 4.92 Å². The number of benzene rings is 2. The zero-order chi connectivity index (χ0) is 19.5. The standard InChI is InChI=1S/C23H24N2O3/c26-23(19-5-2-1-3-6-19)21-15-17(11-13-22(21)25(27)28)10-12-20-7-4-14-24(20)16-18-8-9-18/h1-3,5-6,10-13,15,18,20H,4,7-9,14,16H2/b12-10+. The van der Waals surface area contributed by atoms with Gasteiger partial charge in [-0.3, -0.25) is 19.8 Å². The number of rotatable bonds is 7. The monoisotopic (exact) mass is 376 g/mol. The Morgan fingerprint density at radius 1 is 1.14 bits per heavy atom. The molecule has 144 valence electrons. The minimum absolute atomic E-state index is 0.139.